The number of benzene rings is 3. The van der Waals surface area contributed by atoms with Gasteiger partial charge in [0.05, 0.1) is 23.1 Å². The summed E-state index contributed by atoms with van der Waals surface area (Å²) in [6, 6.07) is 22.5. The van der Waals surface area contributed by atoms with E-state index in [0.717, 1.165) is 22.3 Å². The molecule has 7 rings (SSSR count). The first kappa shape index (κ1) is 23.3. The van der Waals surface area contributed by atoms with Crippen LogP contribution in [0.3, 0.4) is 0 Å². The smallest absolute Gasteiger partial charge is 0.338 e. The van der Waals surface area contributed by atoms with Gasteiger partial charge in [-0.3, -0.25) is 14.4 Å². The van der Waals surface area contributed by atoms with Gasteiger partial charge in [-0.15, -0.1) is 0 Å². The summed E-state index contributed by atoms with van der Waals surface area (Å²) in [7, 11) is 0. The number of imide groups is 1. The average molecular weight is 494 g/mol. The molecule has 186 valence electrons. The van der Waals surface area contributed by atoms with Crippen molar-refractivity contribution in [3.8, 4) is 0 Å². The molecule has 6 heteroatoms. The van der Waals surface area contributed by atoms with E-state index in [9.17, 15) is 19.2 Å². The lowest BCUT2D eigenvalue weighted by Crippen LogP contribution is -2.41. The van der Waals surface area contributed by atoms with Gasteiger partial charge in [-0.1, -0.05) is 75.4 Å². The average Bonchev–Trinajstić information content (AvgIpc) is 3.16. The van der Waals surface area contributed by atoms with Crippen molar-refractivity contribution in [3.05, 3.63) is 101 Å². The number of nitrogens with zero attached hydrogens (tertiary/aromatic N) is 1. The summed E-state index contributed by atoms with van der Waals surface area (Å²) in [5.41, 5.74) is 4.33. The maximum Gasteiger partial charge on any atom is 0.338 e. The van der Waals surface area contributed by atoms with E-state index in [1.807, 2.05) is 24.3 Å². The van der Waals surface area contributed by atoms with Crippen LogP contribution in [0.15, 0.2) is 72.8 Å². The van der Waals surface area contributed by atoms with E-state index in [-0.39, 0.29) is 41.6 Å². The number of anilines is 1. The van der Waals surface area contributed by atoms with Crippen LogP contribution in [0.2, 0.25) is 0 Å². The Morgan fingerprint density at radius 1 is 0.757 bits per heavy atom. The van der Waals surface area contributed by atoms with Crippen LogP contribution in [0, 0.1) is 17.3 Å². The van der Waals surface area contributed by atoms with Gasteiger partial charge >= 0.3 is 5.97 Å². The Labute approximate surface area is 215 Å². The highest BCUT2D eigenvalue weighted by Crippen LogP contribution is 2.61. The van der Waals surface area contributed by atoms with Gasteiger partial charge in [0, 0.05) is 17.3 Å². The van der Waals surface area contributed by atoms with E-state index >= 15 is 0 Å². The van der Waals surface area contributed by atoms with E-state index in [4.69, 9.17) is 4.74 Å². The first-order chi connectivity index (χ1) is 17.7. The molecule has 0 aromatic heterocycles. The van der Waals surface area contributed by atoms with Crippen LogP contribution in [0.5, 0.6) is 0 Å². The molecular weight excluding hydrogens is 466 g/mol. The lowest BCUT2D eigenvalue weighted by atomic mass is 9.55. The minimum Gasteiger partial charge on any atom is -0.454 e. The summed E-state index contributed by atoms with van der Waals surface area (Å²) in [5, 5.41) is 0. The quantitative estimate of drug-likeness (QED) is 0.383. The molecule has 2 atom stereocenters. The molecule has 37 heavy (non-hydrogen) atoms. The second-order valence-corrected chi connectivity index (χ2v) is 11.1. The van der Waals surface area contributed by atoms with Crippen LogP contribution in [-0.2, 0) is 19.1 Å². The minimum atomic E-state index is -0.671. The van der Waals surface area contributed by atoms with Crippen molar-refractivity contribution < 1.29 is 23.9 Å². The Balaban J connectivity index is 1.34. The number of hydrogen-bond acceptors (Lipinski definition) is 5. The Morgan fingerprint density at radius 2 is 1.24 bits per heavy atom. The Morgan fingerprint density at radius 3 is 1.70 bits per heavy atom. The van der Waals surface area contributed by atoms with Gasteiger partial charge < -0.3 is 4.74 Å². The van der Waals surface area contributed by atoms with Crippen LogP contribution in [0.4, 0.5) is 5.69 Å². The molecule has 0 spiro atoms. The lowest BCUT2D eigenvalue weighted by Gasteiger charge is -2.45. The van der Waals surface area contributed by atoms with Crippen molar-refractivity contribution in [2.75, 3.05) is 11.5 Å². The zero-order chi connectivity index (χ0) is 26.1. The van der Waals surface area contributed by atoms with E-state index in [2.05, 4.69) is 24.3 Å². The van der Waals surface area contributed by atoms with Crippen molar-refractivity contribution in [2.24, 2.45) is 17.3 Å². The van der Waals surface area contributed by atoms with Crippen LogP contribution < -0.4 is 4.90 Å². The number of ketones is 1. The van der Waals surface area contributed by atoms with Crippen LogP contribution in [-0.4, -0.2) is 30.2 Å². The van der Waals surface area contributed by atoms with Crippen LogP contribution in [0.1, 0.15) is 65.2 Å². The highest BCUT2D eigenvalue weighted by Gasteiger charge is 2.61. The third-order valence-corrected chi connectivity index (χ3v) is 7.96. The zero-order valence-corrected chi connectivity index (χ0v) is 20.9. The maximum absolute atomic E-state index is 13.9. The fourth-order valence-corrected chi connectivity index (χ4v) is 6.13. The van der Waals surface area contributed by atoms with Crippen molar-refractivity contribution in [1.29, 1.82) is 0 Å². The molecule has 1 saturated heterocycles. The summed E-state index contributed by atoms with van der Waals surface area (Å²) >= 11 is 0. The van der Waals surface area contributed by atoms with Crippen molar-refractivity contribution in [1.82, 2.24) is 0 Å². The van der Waals surface area contributed by atoms with Crippen molar-refractivity contribution >= 4 is 29.3 Å². The molecule has 3 aliphatic carbocycles. The van der Waals surface area contributed by atoms with Gasteiger partial charge in [0.1, 0.15) is 0 Å². The molecule has 4 aliphatic rings. The Hall–Kier alpha value is -4.06. The van der Waals surface area contributed by atoms with Crippen LogP contribution in [0.25, 0.3) is 0 Å². The normalized spacial score (nSPS) is 23.4. The fraction of sp³-hybridized carbons (Fsp3) is 0.290. The number of hydrogen-bond donors (Lipinski definition) is 0. The van der Waals surface area contributed by atoms with Gasteiger partial charge in [0.2, 0.25) is 11.8 Å². The van der Waals surface area contributed by atoms with E-state index in [1.165, 1.54) is 11.0 Å². The second-order valence-electron chi connectivity index (χ2n) is 11.1. The first-order valence-electron chi connectivity index (χ1n) is 12.5. The zero-order valence-electron chi connectivity index (χ0n) is 20.9. The molecular formula is C31H27NO5. The Bertz CT molecular complexity index is 1370. The molecule has 2 bridgehead atoms. The van der Waals surface area contributed by atoms with E-state index < -0.39 is 23.2 Å². The van der Waals surface area contributed by atoms with Gasteiger partial charge in [-0.2, -0.15) is 0 Å². The number of esters is 1. The molecule has 2 unspecified atom stereocenters. The molecule has 3 aromatic rings. The molecule has 1 fully saturated rings. The third-order valence-electron chi connectivity index (χ3n) is 7.96. The molecule has 0 N–H and O–H groups in total. The summed E-state index contributed by atoms with van der Waals surface area (Å²) in [4.78, 5) is 54.0. The second kappa shape index (κ2) is 8.23. The molecule has 6 nitrogen and oxygen atoms in total. The summed E-state index contributed by atoms with van der Waals surface area (Å²) in [6.07, 6.45) is 0. The summed E-state index contributed by atoms with van der Waals surface area (Å²) in [6.45, 7) is 4.95. The number of ether oxygens (including phenoxy) is 1. The lowest BCUT2D eigenvalue weighted by molar-refractivity contribution is -0.129. The first-order valence-corrected chi connectivity index (χ1v) is 12.5. The maximum atomic E-state index is 13.9. The van der Waals surface area contributed by atoms with Gasteiger partial charge in [0.25, 0.3) is 0 Å². The van der Waals surface area contributed by atoms with E-state index in [1.54, 1.807) is 39.0 Å². The number of rotatable bonds is 4. The minimum absolute atomic E-state index is 0.184. The standard InChI is InChI=1S/C31H27NO5/c1-31(2,3)23(33)16-37-30(36)17-9-8-10-18(15-17)32-28(34)26-24-19-11-4-5-12-20(19)25(27(26)29(32)35)22-14-7-6-13-21(22)24/h4-15,24-27H,16H2,1-3H3. The van der Waals surface area contributed by atoms with Gasteiger partial charge in [-0.05, 0) is 40.5 Å². The molecule has 0 radical (unpaired) electrons. The SMILES string of the molecule is CC(C)(C)C(=O)COC(=O)c1cccc(N2C(=O)C3C4c5ccccc5C(c5ccccc54)C3C2=O)c1. The Kier molecular flexibility index (Phi) is 5.19. The number of amides is 2. The largest absolute Gasteiger partial charge is 0.454 e. The molecule has 1 heterocycles. The van der Waals surface area contributed by atoms with Crippen LogP contribution >= 0.6 is 0 Å². The van der Waals surface area contributed by atoms with Crippen molar-refractivity contribution in [3.63, 3.8) is 0 Å². The van der Waals surface area contributed by atoms with Crippen molar-refractivity contribution in [2.45, 2.75) is 32.6 Å². The summed E-state index contributed by atoms with van der Waals surface area (Å²) < 4.78 is 5.23. The molecule has 3 aromatic carbocycles. The predicted octanol–water partition coefficient (Wildman–Crippen LogP) is 4.86. The number of Topliss-reactive ketones (excluding diaryl/α,β-unsaturated/α-hetero) is 1. The predicted molar refractivity (Wildman–Crippen MR) is 137 cm³/mol. The fourth-order valence-electron chi connectivity index (χ4n) is 6.13. The van der Waals surface area contributed by atoms with E-state index in [0.29, 0.717) is 5.69 Å². The third kappa shape index (κ3) is 3.46. The number of carbonyl (C=O) groups is 4. The molecule has 0 saturated carbocycles. The molecule has 2 amide bonds. The monoisotopic (exact) mass is 493 g/mol. The summed E-state index contributed by atoms with van der Waals surface area (Å²) in [5.74, 6) is -2.74. The highest BCUT2D eigenvalue weighted by molar-refractivity contribution is 6.23. The molecule has 1 aliphatic heterocycles. The van der Waals surface area contributed by atoms with Gasteiger partial charge in [0.15, 0.2) is 12.4 Å². The van der Waals surface area contributed by atoms with Gasteiger partial charge in [-0.25, -0.2) is 9.69 Å². The highest BCUT2D eigenvalue weighted by atomic mass is 16.5. The number of carbonyl (C=O) groups excluding carboxylic acids is 4. The topological polar surface area (TPSA) is 80.8 Å².